The van der Waals surface area contributed by atoms with E-state index in [1.54, 1.807) is 54.5 Å². The van der Waals surface area contributed by atoms with E-state index in [4.69, 9.17) is 16.9 Å². The van der Waals surface area contributed by atoms with Crippen molar-refractivity contribution in [2.45, 2.75) is 19.0 Å². The van der Waals surface area contributed by atoms with Crippen molar-refractivity contribution >= 4 is 28.9 Å². The van der Waals surface area contributed by atoms with Gasteiger partial charge in [0.1, 0.15) is 11.6 Å². The second-order valence-corrected chi connectivity index (χ2v) is 7.17. The fourth-order valence-corrected chi connectivity index (χ4v) is 3.17. The van der Waals surface area contributed by atoms with Crippen molar-refractivity contribution in [2.75, 3.05) is 11.9 Å². The Morgan fingerprint density at radius 2 is 1.77 bits per heavy atom. The first-order valence-electron chi connectivity index (χ1n) is 9.10. The molecule has 0 fully saturated rings. The summed E-state index contributed by atoms with van der Waals surface area (Å²) in [4.78, 5) is 22.2. The van der Waals surface area contributed by atoms with Gasteiger partial charge in [-0.05, 0) is 59.1 Å². The lowest BCUT2D eigenvalue weighted by molar-refractivity contribution is -0.137. The van der Waals surface area contributed by atoms with Crippen molar-refractivity contribution in [1.82, 2.24) is 9.97 Å². The molecule has 0 saturated heterocycles. The van der Waals surface area contributed by atoms with E-state index in [2.05, 4.69) is 9.97 Å². The molecule has 0 atom stereocenters. The van der Waals surface area contributed by atoms with Crippen LogP contribution in [0.4, 0.5) is 24.7 Å². The number of halogens is 4. The first-order chi connectivity index (χ1) is 14.7. The Bertz CT molecular complexity index is 1140. The molecule has 0 aliphatic heterocycles. The molecule has 31 heavy (non-hydrogen) atoms. The molecule has 0 unspecified atom stereocenters. The fraction of sp³-hybridized carbons (Fsp3) is 0.182. The molecule has 3 aromatic rings. The maximum Gasteiger partial charge on any atom is 0.416 e. The highest BCUT2D eigenvalue weighted by Crippen LogP contribution is 2.31. The summed E-state index contributed by atoms with van der Waals surface area (Å²) >= 11 is 5.81. The first-order valence-corrected chi connectivity index (χ1v) is 9.47. The van der Waals surface area contributed by atoms with Crippen molar-refractivity contribution in [1.29, 1.82) is 5.26 Å². The SMILES string of the molecule is CN(c1ccc(CC(=O)Cc2cc(C#N)cc(C(F)(F)F)c2)cc1)c1ccnc(Cl)n1. The Kier molecular flexibility index (Phi) is 6.56. The molecular weight excluding hydrogens is 429 g/mol. The molecule has 158 valence electrons. The van der Waals surface area contributed by atoms with E-state index < -0.39 is 11.7 Å². The number of carbonyl (C=O) groups is 1. The summed E-state index contributed by atoms with van der Waals surface area (Å²) in [6, 6.07) is 13.5. The monoisotopic (exact) mass is 444 g/mol. The second kappa shape index (κ2) is 9.14. The number of nitriles is 1. The zero-order chi connectivity index (χ0) is 22.6. The second-order valence-electron chi connectivity index (χ2n) is 6.83. The molecule has 3 rings (SSSR count). The Morgan fingerprint density at radius 3 is 2.39 bits per heavy atom. The minimum absolute atomic E-state index is 0.0570. The normalized spacial score (nSPS) is 11.1. The van der Waals surface area contributed by atoms with Crippen molar-refractivity contribution in [2.24, 2.45) is 0 Å². The van der Waals surface area contributed by atoms with Crippen LogP contribution in [0.1, 0.15) is 22.3 Å². The van der Waals surface area contributed by atoms with Gasteiger partial charge in [0, 0.05) is 31.8 Å². The fourth-order valence-electron chi connectivity index (χ4n) is 3.02. The summed E-state index contributed by atoms with van der Waals surface area (Å²) in [5, 5.41) is 9.09. The third-order valence-corrected chi connectivity index (χ3v) is 4.71. The van der Waals surface area contributed by atoms with E-state index in [1.807, 2.05) is 0 Å². The van der Waals surface area contributed by atoms with Gasteiger partial charge < -0.3 is 4.90 Å². The maximum absolute atomic E-state index is 13.0. The van der Waals surface area contributed by atoms with E-state index in [0.717, 1.165) is 23.4 Å². The number of ketones is 1. The number of alkyl halides is 3. The minimum atomic E-state index is -4.58. The number of anilines is 2. The van der Waals surface area contributed by atoms with Gasteiger partial charge in [0.05, 0.1) is 17.2 Å². The van der Waals surface area contributed by atoms with Crippen LogP contribution < -0.4 is 4.90 Å². The topological polar surface area (TPSA) is 69.9 Å². The van der Waals surface area contributed by atoms with E-state index in [0.29, 0.717) is 5.82 Å². The zero-order valence-electron chi connectivity index (χ0n) is 16.3. The number of nitrogens with zero attached hydrogens (tertiary/aromatic N) is 4. The number of benzene rings is 2. The van der Waals surface area contributed by atoms with Crippen molar-refractivity contribution in [3.63, 3.8) is 0 Å². The van der Waals surface area contributed by atoms with Crippen LogP contribution >= 0.6 is 11.6 Å². The van der Waals surface area contributed by atoms with E-state index in [9.17, 15) is 18.0 Å². The predicted octanol–water partition coefficient (Wildman–Crippen LogP) is 5.14. The molecule has 0 aliphatic carbocycles. The van der Waals surface area contributed by atoms with Gasteiger partial charge in [-0.2, -0.15) is 18.4 Å². The first kappa shape index (κ1) is 22.2. The Hall–Kier alpha value is -3.44. The third kappa shape index (κ3) is 5.80. The van der Waals surface area contributed by atoms with E-state index in [-0.39, 0.29) is 35.0 Å². The molecule has 2 aromatic carbocycles. The van der Waals surface area contributed by atoms with Crippen LogP contribution in [0.5, 0.6) is 0 Å². The number of aromatic nitrogens is 2. The van der Waals surface area contributed by atoms with Gasteiger partial charge in [0.2, 0.25) is 5.28 Å². The summed E-state index contributed by atoms with van der Waals surface area (Å²) in [7, 11) is 1.80. The highest BCUT2D eigenvalue weighted by molar-refractivity contribution is 6.28. The largest absolute Gasteiger partial charge is 0.416 e. The quantitative estimate of drug-likeness (QED) is 0.492. The van der Waals surface area contributed by atoms with E-state index in [1.165, 1.54) is 6.07 Å². The zero-order valence-corrected chi connectivity index (χ0v) is 17.1. The third-order valence-electron chi connectivity index (χ3n) is 4.53. The molecule has 0 aliphatic rings. The van der Waals surface area contributed by atoms with Gasteiger partial charge in [-0.1, -0.05) is 12.1 Å². The molecule has 0 saturated carbocycles. The molecular formula is C22H16ClF3N4O. The number of carbonyl (C=O) groups excluding carboxylic acids is 1. The molecule has 0 radical (unpaired) electrons. The van der Waals surface area contributed by atoms with Gasteiger partial charge in [0.15, 0.2) is 0 Å². The smallest absolute Gasteiger partial charge is 0.329 e. The van der Waals surface area contributed by atoms with Crippen LogP contribution in [0, 0.1) is 11.3 Å². The molecule has 0 amide bonds. The number of hydrogen-bond acceptors (Lipinski definition) is 5. The van der Waals surface area contributed by atoms with Crippen LogP contribution in [-0.2, 0) is 23.8 Å². The number of Topliss-reactive ketones (excluding diaryl/α,β-unsaturated/α-hetero) is 1. The van der Waals surface area contributed by atoms with Gasteiger partial charge in [0.25, 0.3) is 0 Å². The van der Waals surface area contributed by atoms with Gasteiger partial charge in [-0.3, -0.25) is 4.79 Å². The number of hydrogen-bond donors (Lipinski definition) is 0. The summed E-state index contributed by atoms with van der Waals surface area (Å²) in [6.07, 6.45) is -3.18. The molecule has 0 bridgehead atoms. The van der Waals surface area contributed by atoms with Gasteiger partial charge in [-0.15, -0.1) is 0 Å². The molecule has 9 heteroatoms. The lowest BCUT2D eigenvalue weighted by atomic mass is 9.99. The Morgan fingerprint density at radius 1 is 1.10 bits per heavy atom. The van der Waals surface area contributed by atoms with Gasteiger partial charge in [-0.25, -0.2) is 9.97 Å². The Balaban J connectivity index is 1.70. The summed E-state index contributed by atoms with van der Waals surface area (Å²) < 4.78 is 39.0. The maximum atomic E-state index is 13.0. The molecule has 0 N–H and O–H groups in total. The average Bonchev–Trinajstić information content (AvgIpc) is 2.72. The Labute approximate surface area is 181 Å². The minimum Gasteiger partial charge on any atom is -0.329 e. The molecule has 0 spiro atoms. The molecule has 5 nitrogen and oxygen atoms in total. The lowest BCUT2D eigenvalue weighted by Crippen LogP contribution is -2.12. The standard InChI is InChI=1S/C22H16ClF3N4O/c1-30(20-6-7-28-21(23)29-20)18-4-2-14(3-5-18)11-19(31)12-15-8-16(13-27)10-17(9-15)22(24,25)26/h2-10H,11-12H2,1H3. The van der Waals surface area contributed by atoms with Crippen LogP contribution in [0.15, 0.2) is 54.7 Å². The van der Waals surface area contributed by atoms with Crippen molar-refractivity contribution in [3.05, 3.63) is 82.3 Å². The highest BCUT2D eigenvalue weighted by Gasteiger charge is 2.31. The van der Waals surface area contributed by atoms with Crippen molar-refractivity contribution < 1.29 is 18.0 Å². The molecule has 1 heterocycles. The van der Waals surface area contributed by atoms with Crippen LogP contribution in [0.3, 0.4) is 0 Å². The summed E-state index contributed by atoms with van der Waals surface area (Å²) in [6.45, 7) is 0. The average molecular weight is 445 g/mol. The van der Waals surface area contributed by atoms with Crippen molar-refractivity contribution in [3.8, 4) is 6.07 Å². The van der Waals surface area contributed by atoms with Crippen LogP contribution in [0.2, 0.25) is 5.28 Å². The van der Waals surface area contributed by atoms with Crippen LogP contribution in [-0.4, -0.2) is 22.8 Å². The number of rotatable bonds is 6. The van der Waals surface area contributed by atoms with Gasteiger partial charge >= 0.3 is 6.18 Å². The highest BCUT2D eigenvalue weighted by atomic mass is 35.5. The molecule has 1 aromatic heterocycles. The predicted molar refractivity (Wildman–Crippen MR) is 110 cm³/mol. The summed E-state index contributed by atoms with van der Waals surface area (Å²) in [5.41, 5.74) is 0.618. The lowest BCUT2D eigenvalue weighted by Gasteiger charge is -2.18. The van der Waals surface area contributed by atoms with E-state index >= 15 is 0 Å². The van der Waals surface area contributed by atoms with Crippen LogP contribution in [0.25, 0.3) is 0 Å². The summed E-state index contributed by atoms with van der Waals surface area (Å²) in [5.74, 6) is 0.341.